The molecule has 0 N–H and O–H groups in total. The summed E-state index contributed by atoms with van der Waals surface area (Å²) in [5.74, 6) is 0.0424. The van der Waals surface area contributed by atoms with Crippen LogP contribution in [-0.4, -0.2) is 0 Å². The summed E-state index contributed by atoms with van der Waals surface area (Å²) in [5.41, 5.74) is 0. The predicted molar refractivity (Wildman–Crippen MR) is 34.7 cm³/mol. The molecular formula is C6H5Cl2O4P-4. The third kappa shape index (κ3) is 6.87. The van der Waals surface area contributed by atoms with E-state index in [1.165, 1.54) is 12.1 Å². The van der Waals surface area contributed by atoms with E-state index in [0.717, 1.165) is 0 Å². The number of hydrogen-bond acceptors (Lipinski definition) is 4. The van der Waals surface area contributed by atoms with Gasteiger partial charge in [-0.15, -0.1) is 0 Å². The SMILES string of the molecule is O=P([O-])([O-])Oc1ccccc1.[Cl-].[Cl-]. The molecule has 0 radical (unpaired) electrons. The maximum absolute atomic E-state index is 10.1. The fraction of sp³-hybridized carbons (Fsp3) is 0. The van der Waals surface area contributed by atoms with Crippen LogP contribution in [0.4, 0.5) is 0 Å². The topological polar surface area (TPSA) is 72.4 Å². The zero-order valence-electron chi connectivity index (χ0n) is 6.22. The van der Waals surface area contributed by atoms with E-state index < -0.39 is 7.82 Å². The molecule has 1 rings (SSSR count). The van der Waals surface area contributed by atoms with Crippen molar-refractivity contribution in [3.05, 3.63) is 30.3 Å². The Morgan fingerprint density at radius 3 is 1.92 bits per heavy atom. The predicted octanol–water partition coefficient (Wildman–Crippen LogP) is -6.10. The highest BCUT2D eigenvalue weighted by molar-refractivity contribution is 7.43. The van der Waals surface area contributed by atoms with Crippen LogP contribution in [0.3, 0.4) is 0 Å². The van der Waals surface area contributed by atoms with Crippen LogP contribution >= 0.6 is 7.82 Å². The van der Waals surface area contributed by atoms with E-state index in [1.807, 2.05) is 0 Å². The Kier molecular flexibility index (Phi) is 7.31. The van der Waals surface area contributed by atoms with Gasteiger partial charge in [0, 0.05) is 0 Å². The monoisotopic (exact) mass is 242 g/mol. The summed E-state index contributed by atoms with van der Waals surface area (Å²) in [6, 6.07) is 7.62. The van der Waals surface area contributed by atoms with Gasteiger partial charge in [0.05, 0.1) is 0 Å². The molecule has 0 spiro atoms. The molecule has 0 heterocycles. The minimum Gasteiger partial charge on any atom is -1.00 e. The van der Waals surface area contributed by atoms with Crippen molar-refractivity contribution >= 4 is 7.82 Å². The van der Waals surface area contributed by atoms with Crippen molar-refractivity contribution in [1.82, 2.24) is 0 Å². The van der Waals surface area contributed by atoms with Crippen molar-refractivity contribution < 1.29 is 43.7 Å². The molecule has 0 fully saturated rings. The number of phosphoric ester groups is 1. The van der Waals surface area contributed by atoms with Crippen LogP contribution < -0.4 is 39.1 Å². The maximum atomic E-state index is 10.1. The Balaban J connectivity index is 0. The molecule has 7 heteroatoms. The van der Waals surface area contributed by atoms with Gasteiger partial charge >= 0.3 is 0 Å². The van der Waals surface area contributed by atoms with Crippen molar-refractivity contribution in [2.24, 2.45) is 0 Å². The molecule has 13 heavy (non-hydrogen) atoms. The summed E-state index contributed by atoms with van der Waals surface area (Å²) in [4.78, 5) is 20.1. The first-order valence-electron chi connectivity index (χ1n) is 2.85. The molecule has 0 aromatic heterocycles. The van der Waals surface area contributed by atoms with Gasteiger partial charge in [0.15, 0.2) is 0 Å². The zero-order valence-corrected chi connectivity index (χ0v) is 8.63. The molecule has 1 aromatic rings. The van der Waals surface area contributed by atoms with Gasteiger partial charge in [-0.25, -0.2) is 0 Å². The van der Waals surface area contributed by atoms with Crippen LogP contribution in [0.1, 0.15) is 0 Å². The summed E-state index contributed by atoms with van der Waals surface area (Å²) in [6.07, 6.45) is 0. The van der Waals surface area contributed by atoms with Crippen molar-refractivity contribution in [1.29, 1.82) is 0 Å². The largest absolute Gasteiger partial charge is 1.00 e. The first kappa shape index (κ1) is 15.2. The maximum Gasteiger partial charge on any atom is 0.124 e. The van der Waals surface area contributed by atoms with Gasteiger partial charge < -0.3 is 43.7 Å². The van der Waals surface area contributed by atoms with Crippen molar-refractivity contribution in [2.45, 2.75) is 0 Å². The molecule has 1 aromatic carbocycles. The molecular weight excluding hydrogens is 238 g/mol. The molecule has 0 atom stereocenters. The van der Waals surface area contributed by atoms with Crippen molar-refractivity contribution in [3.63, 3.8) is 0 Å². The fourth-order valence-corrected chi connectivity index (χ4v) is 0.990. The molecule has 0 unspecified atom stereocenters. The Hall–Kier alpha value is -0.250. The van der Waals surface area contributed by atoms with Gasteiger partial charge in [-0.1, -0.05) is 18.2 Å². The molecule has 0 aliphatic carbocycles. The Morgan fingerprint density at radius 1 is 1.08 bits per heavy atom. The second-order valence-electron chi connectivity index (χ2n) is 1.85. The fourth-order valence-electron chi connectivity index (χ4n) is 0.610. The summed E-state index contributed by atoms with van der Waals surface area (Å²) >= 11 is 0. The number of hydrogen-bond donors (Lipinski definition) is 0. The van der Waals surface area contributed by atoms with Gasteiger partial charge in [0.1, 0.15) is 13.6 Å². The summed E-state index contributed by atoms with van der Waals surface area (Å²) < 4.78 is 14.1. The number of para-hydroxylation sites is 1. The number of phosphoric acid groups is 1. The number of rotatable bonds is 2. The lowest BCUT2D eigenvalue weighted by Crippen LogP contribution is -3.00. The first-order chi connectivity index (χ1) is 5.08. The molecule has 0 saturated heterocycles. The highest BCUT2D eigenvalue weighted by atomic mass is 35.5. The van der Waals surface area contributed by atoms with Crippen LogP contribution in [-0.2, 0) is 4.57 Å². The van der Waals surface area contributed by atoms with Crippen molar-refractivity contribution in [3.8, 4) is 5.75 Å². The lowest BCUT2D eigenvalue weighted by atomic mass is 10.3. The molecule has 4 nitrogen and oxygen atoms in total. The standard InChI is InChI=1S/C6H7O4P.2ClH/c7-11(8,9)10-6-4-2-1-3-5-6;;/h1-5H,(H2,7,8,9);2*1H/p-4. The first-order valence-corrected chi connectivity index (χ1v) is 4.31. The van der Waals surface area contributed by atoms with E-state index >= 15 is 0 Å². The third-order valence-corrected chi connectivity index (χ3v) is 1.39. The Bertz CT molecular complexity index is 273. The summed E-state index contributed by atoms with van der Waals surface area (Å²) in [7, 11) is -4.89. The van der Waals surface area contributed by atoms with Crippen LogP contribution in [0.5, 0.6) is 5.75 Å². The van der Waals surface area contributed by atoms with Gasteiger partial charge in [0.2, 0.25) is 0 Å². The molecule has 0 bridgehead atoms. The lowest BCUT2D eigenvalue weighted by molar-refractivity contribution is -0.333. The van der Waals surface area contributed by atoms with Crippen LogP contribution in [0.2, 0.25) is 0 Å². The van der Waals surface area contributed by atoms with Gasteiger partial charge in [-0.05, 0) is 12.1 Å². The summed E-state index contributed by atoms with van der Waals surface area (Å²) in [6.45, 7) is 0. The molecule has 0 amide bonds. The third-order valence-electron chi connectivity index (χ3n) is 0.960. The minimum absolute atomic E-state index is 0. The highest BCUT2D eigenvalue weighted by Crippen LogP contribution is 2.28. The number of benzene rings is 1. The van der Waals surface area contributed by atoms with E-state index in [4.69, 9.17) is 0 Å². The van der Waals surface area contributed by atoms with Gasteiger partial charge in [-0.3, -0.25) is 0 Å². The average molecular weight is 243 g/mol. The van der Waals surface area contributed by atoms with Crippen LogP contribution in [0.25, 0.3) is 0 Å². The quantitative estimate of drug-likeness (QED) is 0.484. The second-order valence-corrected chi connectivity index (χ2v) is 2.93. The normalized spacial score (nSPS) is 9.38. The van der Waals surface area contributed by atoms with Gasteiger partial charge in [0.25, 0.3) is 0 Å². The van der Waals surface area contributed by atoms with Crippen molar-refractivity contribution in [2.75, 3.05) is 0 Å². The lowest BCUT2D eigenvalue weighted by Gasteiger charge is -2.28. The minimum atomic E-state index is -4.89. The highest BCUT2D eigenvalue weighted by Gasteiger charge is 1.92. The van der Waals surface area contributed by atoms with Gasteiger partial charge in [-0.2, -0.15) is 0 Å². The van der Waals surface area contributed by atoms with Crippen LogP contribution in [0.15, 0.2) is 30.3 Å². The summed E-state index contributed by atoms with van der Waals surface area (Å²) in [5, 5.41) is 0. The molecule has 0 aliphatic rings. The smallest absolute Gasteiger partial charge is 0.124 e. The van der Waals surface area contributed by atoms with E-state index in [2.05, 4.69) is 4.52 Å². The van der Waals surface area contributed by atoms with E-state index in [1.54, 1.807) is 18.2 Å². The van der Waals surface area contributed by atoms with Crippen LogP contribution in [0, 0.1) is 0 Å². The van der Waals surface area contributed by atoms with E-state index in [9.17, 15) is 14.4 Å². The molecule has 76 valence electrons. The van der Waals surface area contributed by atoms with E-state index in [-0.39, 0.29) is 30.6 Å². The Morgan fingerprint density at radius 2 is 1.54 bits per heavy atom. The average Bonchev–Trinajstić information content (AvgIpc) is 1.85. The second kappa shape index (κ2) is 6.24. The zero-order chi connectivity index (χ0) is 8.32. The molecule has 0 aliphatic heterocycles. The van der Waals surface area contributed by atoms with E-state index in [0.29, 0.717) is 0 Å². The Labute approximate surface area is 88.0 Å². The number of halogens is 2. The molecule has 0 saturated carbocycles.